The molecule has 4 heteroatoms. The number of nitrogens with zero attached hydrogens (tertiary/aromatic N) is 3. The summed E-state index contributed by atoms with van der Waals surface area (Å²) >= 11 is 0. The van der Waals surface area contributed by atoms with Gasteiger partial charge < -0.3 is 9.64 Å². The summed E-state index contributed by atoms with van der Waals surface area (Å²) in [5.41, 5.74) is 0. The first-order chi connectivity index (χ1) is 7.34. The summed E-state index contributed by atoms with van der Waals surface area (Å²) in [6.45, 7) is 3.12. The van der Waals surface area contributed by atoms with Gasteiger partial charge in [-0.2, -0.15) is 0 Å². The Balaban J connectivity index is 1.74. The molecular formula is C11H17N3O. The molecule has 2 heterocycles. The molecule has 0 atom stereocenters. The third-order valence-corrected chi connectivity index (χ3v) is 2.84. The van der Waals surface area contributed by atoms with Crippen molar-refractivity contribution < 1.29 is 4.74 Å². The minimum absolute atomic E-state index is 0.636. The maximum absolute atomic E-state index is 5.59. The van der Waals surface area contributed by atoms with Crippen molar-refractivity contribution >= 4 is 0 Å². The monoisotopic (exact) mass is 207 g/mol. The molecule has 0 amide bonds. The second kappa shape index (κ2) is 5.07. The van der Waals surface area contributed by atoms with Crippen LogP contribution in [0.1, 0.15) is 12.8 Å². The van der Waals surface area contributed by atoms with E-state index in [0.29, 0.717) is 11.8 Å². The summed E-state index contributed by atoms with van der Waals surface area (Å²) in [6.07, 6.45) is 7.41. The molecule has 0 aromatic carbocycles. The highest BCUT2D eigenvalue weighted by Gasteiger charge is 2.17. The topological polar surface area (TPSA) is 38.2 Å². The van der Waals surface area contributed by atoms with Gasteiger partial charge in [-0.1, -0.05) is 0 Å². The maximum Gasteiger partial charge on any atom is 0.232 e. The summed E-state index contributed by atoms with van der Waals surface area (Å²) in [4.78, 5) is 10.4. The number of aromatic nitrogens is 2. The Kier molecular flexibility index (Phi) is 3.50. The van der Waals surface area contributed by atoms with Gasteiger partial charge in [-0.05, 0) is 38.9 Å². The Bertz CT molecular complexity index is 283. The van der Waals surface area contributed by atoms with E-state index in [2.05, 4.69) is 21.9 Å². The van der Waals surface area contributed by atoms with E-state index in [1.165, 1.54) is 25.9 Å². The fraction of sp³-hybridized carbons (Fsp3) is 0.636. The van der Waals surface area contributed by atoms with Gasteiger partial charge in [0.25, 0.3) is 0 Å². The third kappa shape index (κ3) is 3.16. The highest BCUT2D eigenvalue weighted by molar-refractivity contribution is 5.01. The highest BCUT2D eigenvalue weighted by atomic mass is 16.5. The van der Waals surface area contributed by atoms with Gasteiger partial charge in [0.2, 0.25) is 5.88 Å². The zero-order valence-corrected chi connectivity index (χ0v) is 9.09. The number of hydrogen-bond donors (Lipinski definition) is 0. The number of likely N-dealkylation sites (tertiary alicyclic amines) is 1. The van der Waals surface area contributed by atoms with E-state index in [-0.39, 0.29) is 0 Å². The fourth-order valence-electron chi connectivity index (χ4n) is 1.79. The van der Waals surface area contributed by atoms with Gasteiger partial charge in [0.05, 0.1) is 12.8 Å². The van der Waals surface area contributed by atoms with Crippen molar-refractivity contribution in [2.45, 2.75) is 12.8 Å². The van der Waals surface area contributed by atoms with Crippen molar-refractivity contribution in [1.29, 1.82) is 0 Å². The van der Waals surface area contributed by atoms with Gasteiger partial charge in [-0.3, -0.25) is 4.98 Å². The maximum atomic E-state index is 5.59. The van der Waals surface area contributed by atoms with E-state index in [1.807, 2.05) is 0 Å². The van der Waals surface area contributed by atoms with E-state index in [9.17, 15) is 0 Å². The average Bonchev–Trinajstić information content (AvgIpc) is 2.30. The van der Waals surface area contributed by atoms with Crippen LogP contribution < -0.4 is 4.74 Å². The molecule has 0 N–H and O–H groups in total. The minimum atomic E-state index is 0.636. The quantitative estimate of drug-likeness (QED) is 0.746. The molecule has 0 saturated carbocycles. The van der Waals surface area contributed by atoms with Crippen LogP contribution in [0, 0.1) is 5.92 Å². The van der Waals surface area contributed by atoms with Crippen molar-refractivity contribution in [3.8, 4) is 5.88 Å². The lowest BCUT2D eigenvalue weighted by molar-refractivity contribution is 0.156. The van der Waals surface area contributed by atoms with Crippen LogP contribution in [-0.2, 0) is 0 Å². The predicted octanol–water partition coefficient (Wildman–Crippen LogP) is 1.20. The molecule has 0 bridgehead atoms. The van der Waals surface area contributed by atoms with E-state index in [1.54, 1.807) is 18.6 Å². The number of ether oxygens (including phenoxy) is 1. The molecule has 1 aliphatic rings. The zero-order chi connectivity index (χ0) is 10.5. The highest BCUT2D eigenvalue weighted by Crippen LogP contribution is 2.16. The van der Waals surface area contributed by atoms with E-state index < -0.39 is 0 Å². The molecule has 0 unspecified atom stereocenters. The second-order valence-corrected chi connectivity index (χ2v) is 4.10. The van der Waals surface area contributed by atoms with Crippen molar-refractivity contribution in [3.05, 3.63) is 18.6 Å². The molecule has 1 aromatic heterocycles. The summed E-state index contributed by atoms with van der Waals surface area (Å²) in [5, 5.41) is 0. The molecule has 82 valence electrons. The molecule has 4 nitrogen and oxygen atoms in total. The van der Waals surface area contributed by atoms with Crippen LogP contribution >= 0.6 is 0 Å². The summed E-state index contributed by atoms with van der Waals surface area (Å²) < 4.78 is 5.59. The van der Waals surface area contributed by atoms with Crippen molar-refractivity contribution in [2.75, 3.05) is 26.7 Å². The molecule has 1 saturated heterocycles. The van der Waals surface area contributed by atoms with Crippen LogP contribution in [0.15, 0.2) is 18.6 Å². The van der Waals surface area contributed by atoms with Crippen molar-refractivity contribution in [2.24, 2.45) is 5.92 Å². The Morgan fingerprint density at radius 2 is 2.20 bits per heavy atom. The van der Waals surface area contributed by atoms with E-state index in [4.69, 9.17) is 4.74 Å². The normalized spacial score (nSPS) is 19.0. The molecule has 0 aliphatic carbocycles. The first kappa shape index (κ1) is 10.4. The van der Waals surface area contributed by atoms with Crippen LogP contribution in [0.25, 0.3) is 0 Å². The lowest BCUT2D eigenvalue weighted by Crippen LogP contribution is -2.32. The first-order valence-corrected chi connectivity index (χ1v) is 5.42. The van der Waals surface area contributed by atoms with E-state index in [0.717, 1.165) is 6.61 Å². The second-order valence-electron chi connectivity index (χ2n) is 4.10. The fourth-order valence-corrected chi connectivity index (χ4v) is 1.79. The Labute approximate surface area is 90.3 Å². The van der Waals surface area contributed by atoms with Gasteiger partial charge in [0.1, 0.15) is 0 Å². The zero-order valence-electron chi connectivity index (χ0n) is 9.09. The number of rotatable bonds is 3. The van der Waals surface area contributed by atoms with Crippen LogP contribution in [0.4, 0.5) is 0 Å². The largest absolute Gasteiger partial charge is 0.476 e. The van der Waals surface area contributed by atoms with Crippen LogP contribution in [-0.4, -0.2) is 41.6 Å². The minimum Gasteiger partial charge on any atom is -0.476 e. The van der Waals surface area contributed by atoms with Crippen molar-refractivity contribution in [3.63, 3.8) is 0 Å². The molecule has 15 heavy (non-hydrogen) atoms. The first-order valence-electron chi connectivity index (χ1n) is 5.42. The van der Waals surface area contributed by atoms with Crippen LogP contribution in [0.2, 0.25) is 0 Å². The smallest absolute Gasteiger partial charge is 0.232 e. The molecule has 1 fully saturated rings. The molecule has 1 aliphatic heterocycles. The average molecular weight is 207 g/mol. The van der Waals surface area contributed by atoms with Crippen molar-refractivity contribution in [1.82, 2.24) is 14.9 Å². The molecule has 2 rings (SSSR count). The van der Waals surface area contributed by atoms with Gasteiger partial charge in [-0.25, -0.2) is 4.98 Å². The molecule has 1 aromatic rings. The van der Waals surface area contributed by atoms with Crippen LogP contribution in [0.3, 0.4) is 0 Å². The number of piperidine rings is 1. The molecule has 0 spiro atoms. The molecule has 0 radical (unpaired) electrons. The molecular weight excluding hydrogens is 190 g/mol. The summed E-state index contributed by atoms with van der Waals surface area (Å²) in [5.74, 6) is 1.31. The van der Waals surface area contributed by atoms with E-state index >= 15 is 0 Å². The predicted molar refractivity (Wildman–Crippen MR) is 57.7 cm³/mol. The summed E-state index contributed by atoms with van der Waals surface area (Å²) in [7, 11) is 2.17. The standard InChI is InChI=1S/C11H17N3O/c1-14-6-2-10(3-7-14)9-15-11-8-12-4-5-13-11/h4-5,8,10H,2-3,6-7,9H2,1H3. The lowest BCUT2D eigenvalue weighted by atomic mass is 9.98. The SMILES string of the molecule is CN1CCC(COc2cnccn2)CC1. The van der Waals surface area contributed by atoms with Gasteiger partial charge in [0, 0.05) is 12.4 Å². The van der Waals surface area contributed by atoms with Crippen LogP contribution in [0.5, 0.6) is 5.88 Å². The lowest BCUT2D eigenvalue weighted by Gasteiger charge is -2.28. The number of hydrogen-bond acceptors (Lipinski definition) is 4. The Morgan fingerprint density at radius 1 is 1.40 bits per heavy atom. The van der Waals surface area contributed by atoms with Gasteiger partial charge in [-0.15, -0.1) is 0 Å². The summed E-state index contributed by atoms with van der Waals surface area (Å²) in [6, 6.07) is 0. The third-order valence-electron chi connectivity index (χ3n) is 2.84. The van der Waals surface area contributed by atoms with Gasteiger partial charge >= 0.3 is 0 Å². The van der Waals surface area contributed by atoms with Gasteiger partial charge in [0.15, 0.2) is 0 Å². The Hall–Kier alpha value is -1.16. The Morgan fingerprint density at radius 3 is 2.87 bits per heavy atom.